The Morgan fingerprint density at radius 2 is 1.60 bits per heavy atom. The van der Waals surface area contributed by atoms with Gasteiger partial charge in [0, 0.05) is 45.2 Å². The first-order valence-electron chi connectivity index (χ1n) is 11.3. The van der Waals surface area contributed by atoms with Gasteiger partial charge in [-0.15, -0.1) is 0 Å². The Morgan fingerprint density at radius 3 is 2.26 bits per heavy atom. The molecule has 2 aliphatic heterocycles. The number of carbonyl (C=O) groups is 1. The molecule has 2 aromatic carbocycles. The van der Waals surface area contributed by atoms with E-state index < -0.39 is 20.0 Å². The van der Waals surface area contributed by atoms with Crippen LogP contribution in [0.15, 0.2) is 47.4 Å². The lowest BCUT2D eigenvalue weighted by atomic mass is 10.2. The molecule has 10 nitrogen and oxygen atoms in total. The van der Waals surface area contributed by atoms with Crippen molar-refractivity contribution in [3.8, 4) is 11.5 Å². The lowest BCUT2D eigenvalue weighted by Gasteiger charge is -2.34. The summed E-state index contributed by atoms with van der Waals surface area (Å²) >= 11 is 0. The Labute approximate surface area is 206 Å². The van der Waals surface area contributed by atoms with Gasteiger partial charge in [0.15, 0.2) is 11.5 Å². The summed E-state index contributed by atoms with van der Waals surface area (Å²) in [4.78, 5) is 14.6. The summed E-state index contributed by atoms with van der Waals surface area (Å²) in [6.07, 6.45) is 1.59. The monoisotopic (exact) mass is 523 g/mol. The SMILES string of the molecule is Cc1ccc(S(=O)(=O)N2CCN(C(=O)CCCN(c3ccc4c(c3)OCO4)S(C)(=O)=O)CC2)cc1. The third-order valence-corrected chi connectivity index (χ3v) is 9.15. The molecule has 1 amide bonds. The molecule has 2 aliphatic rings. The van der Waals surface area contributed by atoms with Crippen LogP contribution in [0.5, 0.6) is 11.5 Å². The van der Waals surface area contributed by atoms with E-state index in [4.69, 9.17) is 9.47 Å². The van der Waals surface area contributed by atoms with E-state index in [0.29, 0.717) is 36.7 Å². The molecule has 0 N–H and O–H groups in total. The van der Waals surface area contributed by atoms with Crippen LogP contribution in [0.25, 0.3) is 0 Å². The molecule has 0 saturated carbocycles. The summed E-state index contributed by atoms with van der Waals surface area (Å²) in [6, 6.07) is 11.6. The van der Waals surface area contributed by atoms with E-state index in [2.05, 4.69) is 0 Å². The molecule has 12 heteroatoms. The molecule has 0 aliphatic carbocycles. The number of sulfonamides is 2. The number of benzene rings is 2. The van der Waals surface area contributed by atoms with Crippen LogP contribution in [-0.2, 0) is 24.8 Å². The van der Waals surface area contributed by atoms with Crippen LogP contribution >= 0.6 is 0 Å². The molecule has 0 atom stereocenters. The molecule has 0 unspecified atom stereocenters. The van der Waals surface area contributed by atoms with E-state index >= 15 is 0 Å². The van der Waals surface area contributed by atoms with E-state index in [-0.39, 0.29) is 43.7 Å². The number of ether oxygens (including phenoxy) is 2. The summed E-state index contributed by atoms with van der Waals surface area (Å²) in [5.74, 6) is 0.906. The number of amides is 1. The third-order valence-electron chi connectivity index (χ3n) is 6.05. The van der Waals surface area contributed by atoms with E-state index in [0.717, 1.165) is 11.8 Å². The highest BCUT2D eigenvalue weighted by atomic mass is 32.2. The number of fused-ring (bicyclic) bond motifs is 1. The highest BCUT2D eigenvalue weighted by molar-refractivity contribution is 7.92. The molecule has 0 bridgehead atoms. The van der Waals surface area contributed by atoms with Crippen molar-refractivity contribution in [3.05, 3.63) is 48.0 Å². The average molecular weight is 524 g/mol. The highest BCUT2D eigenvalue weighted by Crippen LogP contribution is 2.36. The van der Waals surface area contributed by atoms with Crippen molar-refractivity contribution < 1.29 is 31.1 Å². The maximum atomic E-state index is 12.9. The van der Waals surface area contributed by atoms with E-state index in [1.165, 1.54) is 8.61 Å². The molecule has 0 spiro atoms. The fourth-order valence-corrected chi connectivity index (χ4v) is 6.48. The zero-order valence-corrected chi connectivity index (χ0v) is 21.3. The molecule has 2 heterocycles. The van der Waals surface area contributed by atoms with Crippen molar-refractivity contribution in [2.45, 2.75) is 24.7 Å². The first-order chi connectivity index (χ1) is 16.6. The Morgan fingerprint density at radius 1 is 0.943 bits per heavy atom. The van der Waals surface area contributed by atoms with Crippen LogP contribution in [0.3, 0.4) is 0 Å². The van der Waals surface area contributed by atoms with Gasteiger partial charge < -0.3 is 14.4 Å². The number of hydrogen-bond acceptors (Lipinski definition) is 7. The molecule has 4 rings (SSSR count). The van der Waals surface area contributed by atoms with Crippen molar-refractivity contribution in [2.24, 2.45) is 0 Å². The second-order valence-electron chi connectivity index (χ2n) is 8.57. The molecule has 1 saturated heterocycles. The van der Waals surface area contributed by atoms with Gasteiger partial charge >= 0.3 is 0 Å². The normalized spacial score (nSPS) is 16.3. The lowest BCUT2D eigenvalue weighted by Crippen LogP contribution is -2.50. The molecule has 35 heavy (non-hydrogen) atoms. The van der Waals surface area contributed by atoms with Crippen LogP contribution in [0.1, 0.15) is 18.4 Å². The predicted octanol–water partition coefficient (Wildman–Crippen LogP) is 1.80. The van der Waals surface area contributed by atoms with Gasteiger partial charge in [-0.05, 0) is 37.6 Å². The van der Waals surface area contributed by atoms with Gasteiger partial charge in [-0.1, -0.05) is 17.7 Å². The van der Waals surface area contributed by atoms with Crippen molar-refractivity contribution in [1.29, 1.82) is 0 Å². The topological polar surface area (TPSA) is 114 Å². The summed E-state index contributed by atoms with van der Waals surface area (Å²) in [7, 11) is -7.18. The zero-order chi connectivity index (χ0) is 25.2. The molecule has 2 aromatic rings. The van der Waals surface area contributed by atoms with Gasteiger partial charge in [0.25, 0.3) is 0 Å². The fraction of sp³-hybridized carbons (Fsp3) is 0.435. The number of rotatable bonds is 8. The number of aryl methyl sites for hydroxylation is 1. The lowest BCUT2D eigenvalue weighted by molar-refractivity contribution is -0.132. The molecular weight excluding hydrogens is 494 g/mol. The van der Waals surface area contributed by atoms with E-state index in [1.54, 1.807) is 47.4 Å². The number of hydrogen-bond donors (Lipinski definition) is 0. The maximum absolute atomic E-state index is 12.9. The first kappa shape index (κ1) is 25.3. The van der Waals surface area contributed by atoms with Crippen LogP contribution in [0, 0.1) is 6.92 Å². The van der Waals surface area contributed by atoms with Crippen molar-refractivity contribution in [2.75, 3.05) is 50.1 Å². The van der Waals surface area contributed by atoms with Crippen LogP contribution in [0.2, 0.25) is 0 Å². The Kier molecular flexibility index (Phi) is 7.25. The Hall–Kier alpha value is -2.83. The largest absolute Gasteiger partial charge is 0.454 e. The second-order valence-corrected chi connectivity index (χ2v) is 12.4. The molecular formula is C23H29N3O7S2. The smallest absolute Gasteiger partial charge is 0.243 e. The van der Waals surface area contributed by atoms with Crippen molar-refractivity contribution >= 4 is 31.6 Å². The minimum absolute atomic E-state index is 0.0890. The average Bonchev–Trinajstić information content (AvgIpc) is 3.29. The van der Waals surface area contributed by atoms with Gasteiger partial charge in [-0.25, -0.2) is 16.8 Å². The van der Waals surface area contributed by atoms with Gasteiger partial charge in [0.2, 0.25) is 32.7 Å². The van der Waals surface area contributed by atoms with Gasteiger partial charge in [-0.2, -0.15) is 4.31 Å². The summed E-state index contributed by atoms with van der Waals surface area (Å²) < 4.78 is 63.7. The number of anilines is 1. The highest BCUT2D eigenvalue weighted by Gasteiger charge is 2.30. The van der Waals surface area contributed by atoms with E-state index in [1.807, 2.05) is 6.92 Å². The molecule has 190 valence electrons. The molecule has 0 aromatic heterocycles. The third kappa shape index (κ3) is 5.71. The minimum Gasteiger partial charge on any atom is -0.454 e. The van der Waals surface area contributed by atoms with Gasteiger partial charge in [0.1, 0.15) is 0 Å². The molecule has 1 fully saturated rings. The van der Waals surface area contributed by atoms with Gasteiger partial charge in [0.05, 0.1) is 16.8 Å². The van der Waals surface area contributed by atoms with Crippen molar-refractivity contribution in [1.82, 2.24) is 9.21 Å². The quantitative estimate of drug-likeness (QED) is 0.518. The van der Waals surface area contributed by atoms with E-state index in [9.17, 15) is 21.6 Å². The van der Waals surface area contributed by atoms with Crippen LogP contribution in [-0.4, -0.2) is 77.7 Å². The maximum Gasteiger partial charge on any atom is 0.243 e. The molecule has 0 radical (unpaired) electrons. The fourth-order valence-electron chi connectivity index (χ4n) is 4.10. The summed E-state index contributed by atoms with van der Waals surface area (Å²) in [5, 5.41) is 0. The Bertz CT molecular complexity index is 1290. The second kappa shape index (κ2) is 10.0. The number of carbonyl (C=O) groups excluding carboxylic acids is 1. The number of nitrogens with zero attached hydrogens (tertiary/aromatic N) is 3. The van der Waals surface area contributed by atoms with Crippen LogP contribution < -0.4 is 13.8 Å². The predicted molar refractivity (Wildman–Crippen MR) is 131 cm³/mol. The van der Waals surface area contributed by atoms with Crippen molar-refractivity contribution in [3.63, 3.8) is 0 Å². The minimum atomic E-state index is -3.60. The summed E-state index contributed by atoms with van der Waals surface area (Å²) in [6.45, 7) is 3.13. The number of piperazine rings is 1. The first-order valence-corrected chi connectivity index (χ1v) is 14.6. The van der Waals surface area contributed by atoms with Gasteiger partial charge in [-0.3, -0.25) is 9.10 Å². The standard InChI is InChI=1S/C23H29N3O7S2/c1-18-5-8-20(9-6-18)35(30,31)25-14-12-24(13-15-25)23(27)4-3-11-26(34(2,28)29)19-7-10-21-22(16-19)33-17-32-21/h5-10,16H,3-4,11-15,17H2,1-2H3. The Balaban J connectivity index is 1.31. The summed E-state index contributed by atoms with van der Waals surface area (Å²) in [5.41, 5.74) is 1.42. The van der Waals surface area contributed by atoms with Crippen LogP contribution in [0.4, 0.5) is 5.69 Å². The zero-order valence-electron chi connectivity index (χ0n) is 19.7.